The van der Waals surface area contributed by atoms with Gasteiger partial charge in [0.1, 0.15) is 0 Å². The van der Waals surface area contributed by atoms with Crippen LogP contribution in [0.4, 0.5) is 0 Å². The van der Waals surface area contributed by atoms with Crippen LogP contribution in [-0.4, -0.2) is 49.2 Å². The number of hydrogen-bond donors (Lipinski definition) is 2. The van der Waals surface area contributed by atoms with E-state index in [2.05, 4.69) is 10.2 Å². The van der Waals surface area contributed by atoms with Crippen LogP contribution in [0.3, 0.4) is 0 Å². The third kappa shape index (κ3) is 4.77. The average molecular weight is 380 g/mol. The van der Waals surface area contributed by atoms with Crippen molar-refractivity contribution in [1.82, 2.24) is 10.2 Å². The van der Waals surface area contributed by atoms with Crippen molar-refractivity contribution in [2.24, 2.45) is 11.7 Å². The highest BCUT2D eigenvalue weighted by atomic mass is 35.5. The molecule has 144 valence electrons. The number of carbonyl (C=O) groups excluding carboxylic acids is 1. The van der Waals surface area contributed by atoms with E-state index >= 15 is 0 Å². The van der Waals surface area contributed by atoms with E-state index in [4.69, 9.17) is 22.1 Å². The number of carbonyl (C=O) groups is 1. The summed E-state index contributed by atoms with van der Waals surface area (Å²) in [6, 6.07) is 8.02. The molecule has 1 aliphatic heterocycles. The number of nitrogens with zero attached hydrogens (tertiary/aromatic N) is 1. The fraction of sp³-hybridized carbons (Fsp3) is 0.650. The normalized spacial score (nSPS) is 28.5. The number of nitrogens with two attached hydrogens (primary N) is 1. The number of morpholine rings is 1. The lowest BCUT2D eigenvalue weighted by Crippen LogP contribution is -2.54. The van der Waals surface area contributed by atoms with Crippen molar-refractivity contribution in [2.75, 3.05) is 32.8 Å². The van der Waals surface area contributed by atoms with Gasteiger partial charge in [0.2, 0.25) is 5.91 Å². The maximum Gasteiger partial charge on any atom is 0.225 e. The Labute approximate surface area is 161 Å². The molecule has 0 aromatic heterocycles. The standard InChI is InChI=1S/C20H30ClN3O2/c1-20(22)9-3-2-4-17(20)19(25)23-14-18(24-10-12-26-13-11-24)15-5-7-16(21)8-6-15/h5-8,17-18H,2-4,9-14,22H2,1H3,(H,23,25). The van der Waals surface area contributed by atoms with Gasteiger partial charge in [-0.25, -0.2) is 0 Å². The molecule has 6 heteroatoms. The molecular formula is C20H30ClN3O2. The summed E-state index contributed by atoms with van der Waals surface area (Å²) in [5.74, 6) is -0.0197. The van der Waals surface area contributed by atoms with Crippen molar-refractivity contribution in [3.8, 4) is 0 Å². The second-order valence-corrected chi connectivity index (χ2v) is 8.20. The zero-order chi connectivity index (χ0) is 18.6. The summed E-state index contributed by atoms with van der Waals surface area (Å²) < 4.78 is 5.49. The first-order chi connectivity index (χ1) is 12.5. The fourth-order valence-electron chi connectivity index (χ4n) is 4.14. The molecule has 2 fully saturated rings. The van der Waals surface area contributed by atoms with E-state index < -0.39 is 5.54 Å². The molecule has 1 saturated heterocycles. The van der Waals surface area contributed by atoms with Gasteiger partial charge in [-0.1, -0.05) is 36.6 Å². The number of ether oxygens (including phenoxy) is 1. The van der Waals surface area contributed by atoms with Crippen LogP contribution in [0.25, 0.3) is 0 Å². The summed E-state index contributed by atoms with van der Waals surface area (Å²) in [4.78, 5) is 15.2. The van der Waals surface area contributed by atoms with Crippen molar-refractivity contribution in [1.29, 1.82) is 0 Å². The lowest BCUT2D eigenvalue weighted by atomic mass is 9.74. The van der Waals surface area contributed by atoms with E-state index in [9.17, 15) is 4.79 Å². The van der Waals surface area contributed by atoms with Gasteiger partial charge in [-0.15, -0.1) is 0 Å². The molecule has 1 aliphatic carbocycles. The number of nitrogens with one attached hydrogen (secondary N) is 1. The summed E-state index contributed by atoms with van der Waals surface area (Å²) in [6.45, 7) is 5.76. The van der Waals surface area contributed by atoms with Crippen LogP contribution >= 0.6 is 11.6 Å². The summed E-state index contributed by atoms with van der Waals surface area (Å²) in [5.41, 5.74) is 7.15. The van der Waals surface area contributed by atoms with Crippen LogP contribution in [0.2, 0.25) is 5.02 Å². The predicted molar refractivity (Wildman–Crippen MR) is 104 cm³/mol. The van der Waals surface area contributed by atoms with Crippen molar-refractivity contribution in [2.45, 2.75) is 44.2 Å². The molecule has 2 aliphatic rings. The maximum atomic E-state index is 12.8. The zero-order valence-corrected chi connectivity index (χ0v) is 16.3. The maximum absolute atomic E-state index is 12.8. The smallest absolute Gasteiger partial charge is 0.225 e. The molecule has 1 saturated carbocycles. The molecule has 3 atom stereocenters. The highest BCUT2D eigenvalue weighted by molar-refractivity contribution is 6.30. The lowest BCUT2D eigenvalue weighted by Gasteiger charge is -2.38. The molecule has 1 aromatic carbocycles. The van der Waals surface area contributed by atoms with Crippen LogP contribution in [0.15, 0.2) is 24.3 Å². The third-order valence-corrected chi connectivity index (χ3v) is 6.03. The first kappa shape index (κ1) is 19.6. The Bertz CT molecular complexity index is 600. The summed E-state index contributed by atoms with van der Waals surface area (Å²) in [6.07, 6.45) is 3.98. The number of halogens is 1. The van der Waals surface area contributed by atoms with Gasteiger partial charge < -0.3 is 15.8 Å². The molecule has 26 heavy (non-hydrogen) atoms. The van der Waals surface area contributed by atoms with Crippen molar-refractivity contribution in [3.63, 3.8) is 0 Å². The molecule has 5 nitrogen and oxygen atoms in total. The first-order valence-electron chi connectivity index (χ1n) is 9.61. The Morgan fingerprint density at radius 3 is 2.69 bits per heavy atom. The average Bonchev–Trinajstić information content (AvgIpc) is 2.63. The number of benzene rings is 1. The quantitative estimate of drug-likeness (QED) is 0.825. The molecule has 3 rings (SSSR count). The Kier molecular flexibility index (Phi) is 6.56. The second kappa shape index (κ2) is 8.70. The van der Waals surface area contributed by atoms with E-state index in [-0.39, 0.29) is 17.9 Å². The van der Waals surface area contributed by atoms with E-state index in [0.29, 0.717) is 6.54 Å². The van der Waals surface area contributed by atoms with Crippen molar-refractivity contribution >= 4 is 17.5 Å². The molecule has 0 spiro atoms. The molecule has 0 bridgehead atoms. The molecule has 3 N–H and O–H groups in total. The predicted octanol–water partition coefficient (Wildman–Crippen LogP) is 2.74. The monoisotopic (exact) mass is 379 g/mol. The van der Waals surface area contributed by atoms with Crippen molar-refractivity contribution in [3.05, 3.63) is 34.9 Å². The topological polar surface area (TPSA) is 67.6 Å². The molecule has 1 aromatic rings. The second-order valence-electron chi connectivity index (χ2n) is 7.77. The number of amides is 1. The van der Waals surface area contributed by atoms with Crippen LogP contribution in [0.1, 0.15) is 44.2 Å². The van der Waals surface area contributed by atoms with Gasteiger partial charge in [0, 0.05) is 30.2 Å². The number of rotatable bonds is 5. The van der Waals surface area contributed by atoms with Gasteiger partial charge in [-0.05, 0) is 37.5 Å². The third-order valence-electron chi connectivity index (χ3n) is 5.78. The van der Waals surface area contributed by atoms with Crippen LogP contribution in [-0.2, 0) is 9.53 Å². The summed E-state index contributed by atoms with van der Waals surface area (Å²) in [5, 5.41) is 3.91. The van der Waals surface area contributed by atoms with E-state index in [1.165, 1.54) is 0 Å². The summed E-state index contributed by atoms with van der Waals surface area (Å²) in [7, 11) is 0. The zero-order valence-electron chi connectivity index (χ0n) is 15.5. The Morgan fingerprint density at radius 2 is 2.04 bits per heavy atom. The Balaban J connectivity index is 1.69. The lowest BCUT2D eigenvalue weighted by molar-refractivity contribution is -0.128. The van der Waals surface area contributed by atoms with E-state index in [1.54, 1.807) is 0 Å². The molecule has 3 unspecified atom stereocenters. The molecule has 0 radical (unpaired) electrons. The minimum atomic E-state index is -0.406. The summed E-state index contributed by atoms with van der Waals surface area (Å²) >= 11 is 6.05. The van der Waals surface area contributed by atoms with Crippen molar-refractivity contribution < 1.29 is 9.53 Å². The van der Waals surface area contributed by atoms with Gasteiger partial charge >= 0.3 is 0 Å². The minimum Gasteiger partial charge on any atom is -0.379 e. The van der Waals surface area contributed by atoms with Gasteiger partial charge in [0.05, 0.1) is 25.2 Å². The van der Waals surface area contributed by atoms with Gasteiger partial charge in [0.15, 0.2) is 0 Å². The molecule has 1 amide bonds. The highest BCUT2D eigenvalue weighted by Crippen LogP contribution is 2.32. The van der Waals surface area contributed by atoms with Crippen LogP contribution in [0.5, 0.6) is 0 Å². The van der Waals surface area contributed by atoms with E-state index in [1.807, 2.05) is 31.2 Å². The Morgan fingerprint density at radius 1 is 1.35 bits per heavy atom. The van der Waals surface area contributed by atoms with Crippen LogP contribution in [0, 0.1) is 5.92 Å². The van der Waals surface area contributed by atoms with Crippen LogP contribution < -0.4 is 11.1 Å². The van der Waals surface area contributed by atoms with E-state index in [0.717, 1.165) is 62.6 Å². The first-order valence-corrected chi connectivity index (χ1v) is 9.99. The molecular weight excluding hydrogens is 350 g/mol. The van der Waals surface area contributed by atoms with Gasteiger partial charge in [-0.2, -0.15) is 0 Å². The van der Waals surface area contributed by atoms with Gasteiger partial charge in [0.25, 0.3) is 0 Å². The Hall–Kier alpha value is -1.14. The highest BCUT2D eigenvalue weighted by Gasteiger charge is 2.38. The number of hydrogen-bond acceptors (Lipinski definition) is 4. The largest absolute Gasteiger partial charge is 0.379 e. The SMILES string of the molecule is CC1(N)CCCCC1C(=O)NCC(c1ccc(Cl)cc1)N1CCOCC1. The van der Waals surface area contributed by atoms with Gasteiger partial charge in [-0.3, -0.25) is 9.69 Å². The molecule has 1 heterocycles. The fourth-order valence-corrected chi connectivity index (χ4v) is 4.27. The minimum absolute atomic E-state index is 0.0851.